The van der Waals surface area contributed by atoms with Crippen LogP contribution < -0.4 is 14.8 Å². The maximum atomic E-state index is 12.2. The van der Waals surface area contributed by atoms with Gasteiger partial charge in [-0.15, -0.1) is 0 Å². The molecule has 2 heterocycles. The summed E-state index contributed by atoms with van der Waals surface area (Å²) in [7, 11) is -8.04. The van der Waals surface area contributed by atoms with E-state index in [-0.39, 0.29) is 21.4 Å². The molecule has 1 fully saturated rings. The number of anilines is 1. The van der Waals surface area contributed by atoms with Crippen molar-refractivity contribution in [1.82, 2.24) is 4.72 Å². The van der Waals surface area contributed by atoms with Crippen LogP contribution in [0.1, 0.15) is 12.8 Å². The Labute approximate surface area is 126 Å². The summed E-state index contributed by atoms with van der Waals surface area (Å²) in [4.78, 5) is 0.783. The van der Waals surface area contributed by atoms with Crippen LogP contribution in [-0.4, -0.2) is 28.8 Å². The number of nitrogens with one attached hydrogen (secondary N) is 2. The lowest BCUT2D eigenvalue weighted by Gasteiger charge is -2.33. The highest BCUT2D eigenvalue weighted by Crippen LogP contribution is 2.40. The second kappa shape index (κ2) is 4.40. The van der Waals surface area contributed by atoms with Crippen LogP contribution in [0.4, 0.5) is 5.69 Å². The summed E-state index contributed by atoms with van der Waals surface area (Å²) in [5, 5.41) is 12.7. The SMILES string of the molecule is N=C1CCC2NS(=O)(=O)c3cc(S(N)(=O)=O)c(Cl)cc3N12. The first-order valence-corrected chi connectivity index (χ1v) is 9.27. The first kappa shape index (κ1) is 14.7. The number of benzene rings is 1. The molecule has 1 atom stereocenters. The van der Waals surface area contributed by atoms with E-state index in [1.807, 2.05) is 0 Å². The van der Waals surface area contributed by atoms with Gasteiger partial charge in [0.2, 0.25) is 20.0 Å². The number of fused-ring (bicyclic) bond motifs is 3. The molecule has 0 saturated carbocycles. The highest BCUT2D eigenvalue weighted by Gasteiger charge is 2.41. The van der Waals surface area contributed by atoms with Crippen molar-refractivity contribution in [3.8, 4) is 0 Å². The number of hydrogen-bond donors (Lipinski definition) is 3. The summed E-state index contributed by atoms with van der Waals surface area (Å²) in [5.41, 5.74) is 0.193. The van der Waals surface area contributed by atoms with Gasteiger partial charge >= 0.3 is 0 Å². The van der Waals surface area contributed by atoms with E-state index in [2.05, 4.69) is 4.72 Å². The van der Waals surface area contributed by atoms with Gasteiger partial charge in [0.05, 0.1) is 16.9 Å². The lowest BCUT2D eigenvalue weighted by Crippen LogP contribution is -2.50. The minimum atomic E-state index is -4.15. The number of halogens is 1. The molecule has 11 heteroatoms. The molecule has 3 rings (SSSR count). The first-order chi connectivity index (χ1) is 9.61. The number of sulfonamides is 2. The Kier molecular flexibility index (Phi) is 3.08. The van der Waals surface area contributed by atoms with Gasteiger partial charge in [-0.2, -0.15) is 4.72 Å². The van der Waals surface area contributed by atoms with E-state index in [1.165, 1.54) is 11.0 Å². The Bertz CT molecular complexity index is 865. The number of amidine groups is 1. The third-order valence-electron chi connectivity index (χ3n) is 3.42. The van der Waals surface area contributed by atoms with Crippen LogP contribution in [0, 0.1) is 5.41 Å². The molecule has 0 aliphatic carbocycles. The van der Waals surface area contributed by atoms with Crippen LogP contribution in [-0.2, 0) is 20.0 Å². The lowest BCUT2D eigenvalue weighted by atomic mass is 10.2. The summed E-state index contributed by atoms with van der Waals surface area (Å²) in [6.07, 6.45) is 0.333. The molecule has 1 saturated heterocycles. The summed E-state index contributed by atoms with van der Waals surface area (Å²) >= 11 is 5.91. The Morgan fingerprint density at radius 3 is 2.71 bits per heavy atom. The van der Waals surface area contributed by atoms with Crippen molar-refractivity contribution in [2.75, 3.05) is 4.90 Å². The molecule has 1 aromatic carbocycles. The number of rotatable bonds is 1. The van der Waals surface area contributed by atoms with Crippen LogP contribution in [0.25, 0.3) is 0 Å². The van der Waals surface area contributed by atoms with E-state index >= 15 is 0 Å². The summed E-state index contributed by atoms with van der Waals surface area (Å²) < 4.78 is 49.8. The largest absolute Gasteiger partial charge is 0.312 e. The molecule has 1 unspecified atom stereocenters. The molecular formula is C10H11ClN4O4S2. The minimum absolute atomic E-state index is 0.174. The number of nitrogens with two attached hydrogens (primary N) is 1. The van der Waals surface area contributed by atoms with Gasteiger partial charge in [0.1, 0.15) is 15.6 Å². The molecule has 114 valence electrons. The quantitative estimate of drug-likeness (QED) is 0.664. The Hall–Kier alpha value is -1.20. The lowest BCUT2D eigenvalue weighted by molar-refractivity contribution is 0.543. The first-order valence-electron chi connectivity index (χ1n) is 5.86. The van der Waals surface area contributed by atoms with Gasteiger partial charge in [-0.25, -0.2) is 22.0 Å². The summed E-state index contributed by atoms with van der Waals surface area (Å²) in [6, 6.07) is 2.15. The van der Waals surface area contributed by atoms with E-state index in [1.54, 1.807) is 0 Å². The van der Waals surface area contributed by atoms with Gasteiger partial charge in [-0.05, 0) is 18.6 Å². The fourth-order valence-corrected chi connectivity index (χ4v) is 5.11. The molecule has 2 aliphatic heterocycles. The van der Waals surface area contributed by atoms with Crippen molar-refractivity contribution in [1.29, 1.82) is 5.41 Å². The Balaban J connectivity index is 2.33. The van der Waals surface area contributed by atoms with Crippen LogP contribution in [0.5, 0.6) is 0 Å². The molecule has 4 N–H and O–H groups in total. The molecule has 0 bridgehead atoms. The van der Waals surface area contributed by atoms with Crippen LogP contribution >= 0.6 is 11.6 Å². The van der Waals surface area contributed by atoms with E-state index in [0.717, 1.165) is 6.07 Å². The average molecular weight is 351 g/mol. The summed E-state index contributed by atoms with van der Waals surface area (Å²) in [6.45, 7) is 0. The van der Waals surface area contributed by atoms with Crippen molar-refractivity contribution < 1.29 is 16.8 Å². The number of hydrogen-bond acceptors (Lipinski definition) is 5. The van der Waals surface area contributed by atoms with Gasteiger partial charge in [0.15, 0.2) is 0 Å². The zero-order chi connectivity index (χ0) is 15.6. The second-order valence-electron chi connectivity index (χ2n) is 4.79. The van der Waals surface area contributed by atoms with Crippen LogP contribution in [0.15, 0.2) is 21.9 Å². The van der Waals surface area contributed by atoms with Crippen molar-refractivity contribution in [3.05, 3.63) is 17.2 Å². The zero-order valence-corrected chi connectivity index (χ0v) is 12.9. The third-order valence-corrected chi connectivity index (χ3v) is 6.28. The van der Waals surface area contributed by atoms with Crippen molar-refractivity contribution >= 4 is 43.2 Å². The molecular weight excluding hydrogens is 340 g/mol. The smallest absolute Gasteiger partial charge is 0.244 e. The van der Waals surface area contributed by atoms with Crippen molar-refractivity contribution in [3.63, 3.8) is 0 Å². The van der Waals surface area contributed by atoms with Gasteiger partial charge < -0.3 is 4.90 Å². The predicted octanol–water partition coefficient (Wildman–Crippen LogP) is 0.183. The molecule has 2 aliphatic rings. The van der Waals surface area contributed by atoms with E-state index in [0.29, 0.717) is 12.8 Å². The average Bonchev–Trinajstić information content (AvgIpc) is 2.67. The maximum Gasteiger partial charge on any atom is 0.244 e. The van der Waals surface area contributed by atoms with Gasteiger partial charge in [0.25, 0.3) is 0 Å². The maximum absolute atomic E-state index is 12.2. The fourth-order valence-electron chi connectivity index (χ4n) is 2.52. The fraction of sp³-hybridized carbons (Fsp3) is 0.300. The number of nitrogens with zero attached hydrogens (tertiary/aromatic N) is 1. The normalized spacial score (nSPS) is 23.8. The van der Waals surface area contributed by atoms with E-state index < -0.39 is 31.1 Å². The van der Waals surface area contributed by atoms with Crippen LogP contribution in [0.3, 0.4) is 0 Å². The molecule has 0 amide bonds. The topological polar surface area (TPSA) is 133 Å². The summed E-state index contributed by atoms with van der Waals surface area (Å²) in [5.74, 6) is 0.239. The van der Waals surface area contributed by atoms with Gasteiger partial charge in [-0.3, -0.25) is 5.41 Å². The number of primary sulfonamides is 1. The third kappa shape index (κ3) is 2.23. The van der Waals surface area contributed by atoms with E-state index in [4.69, 9.17) is 22.1 Å². The van der Waals surface area contributed by atoms with Crippen LogP contribution in [0.2, 0.25) is 5.02 Å². The highest BCUT2D eigenvalue weighted by molar-refractivity contribution is 7.90. The molecule has 0 radical (unpaired) electrons. The molecule has 0 aromatic heterocycles. The minimum Gasteiger partial charge on any atom is -0.312 e. The highest BCUT2D eigenvalue weighted by atomic mass is 35.5. The van der Waals surface area contributed by atoms with E-state index in [9.17, 15) is 16.8 Å². The van der Waals surface area contributed by atoms with Gasteiger partial charge in [-0.1, -0.05) is 11.6 Å². The van der Waals surface area contributed by atoms with Gasteiger partial charge in [0, 0.05) is 6.42 Å². The molecule has 1 aromatic rings. The molecule has 8 nitrogen and oxygen atoms in total. The van der Waals surface area contributed by atoms with Crippen molar-refractivity contribution in [2.24, 2.45) is 5.14 Å². The monoisotopic (exact) mass is 350 g/mol. The molecule has 0 spiro atoms. The zero-order valence-electron chi connectivity index (χ0n) is 10.5. The Morgan fingerprint density at radius 1 is 1.43 bits per heavy atom. The molecule has 21 heavy (non-hydrogen) atoms. The second-order valence-corrected chi connectivity index (χ2v) is 8.41. The predicted molar refractivity (Wildman–Crippen MR) is 76.4 cm³/mol. The Morgan fingerprint density at radius 2 is 2.10 bits per heavy atom. The standard InChI is InChI=1S/C10H11ClN4O4S2/c11-5-3-6-8(4-7(5)20(13,16)17)21(18,19)14-10-2-1-9(12)15(6)10/h3-4,10,12,14H,1-2H2,(H2,13,16,17). The van der Waals surface area contributed by atoms with Crippen molar-refractivity contribution in [2.45, 2.75) is 28.8 Å².